The molecule has 1 aromatic carbocycles. The Morgan fingerprint density at radius 2 is 2.42 bits per heavy atom. The van der Waals surface area contributed by atoms with Crippen molar-refractivity contribution in [2.45, 2.75) is 25.0 Å². The molecule has 0 bridgehead atoms. The van der Waals surface area contributed by atoms with Gasteiger partial charge in [0.25, 0.3) is 0 Å². The maximum absolute atomic E-state index is 5.88. The molecule has 1 saturated heterocycles. The number of benzene rings is 1. The highest BCUT2D eigenvalue weighted by Gasteiger charge is 2.19. The summed E-state index contributed by atoms with van der Waals surface area (Å²) in [5, 5.41) is 3.48. The Morgan fingerprint density at radius 3 is 3.05 bits per heavy atom. The van der Waals surface area contributed by atoms with Gasteiger partial charge >= 0.3 is 0 Å². The SMILES string of the molecule is COc1ccc(Br)c(C(CN)NCC2CCCO2)c1. The Balaban J connectivity index is 2.03. The molecule has 1 heterocycles. The van der Waals surface area contributed by atoms with Gasteiger partial charge in [0.15, 0.2) is 0 Å². The number of rotatable bonds is 6. The first-order valence-electron chi connectivity index (χ1n) is 6.63. The fraction of sp³-hybridized carbons (Fsp3) is 0.571. The van der Waals surface area contributed by atoms with Crippen LogP contribution in [-0.4, -0.2) is 32.9 Å². The molecule has 0 aliphatic carbocycles. The van der Waals surface area contributed by atoms with Gasteiger partial charge < -0.3 is 20.5 Å². The highest BCUT2D eigenvalue weighted by molar-refractivity contribution is 9.10. The van der Waals surface area contributed by atoms with Crippen molar-refractivity contribution in [2.24, 2.45) is 5.73 Å². The molecule has 19 heavy (non-hydrogen) atoms. The van der Waals surface area contributed by atoms with E-state index < -0.39 is 0 Å². The predicted octanol–water partition coefficient (Wildman–Crippen LogP) is 2.23. The number of nitrogens with one attached hydrogen (secondary N) is 1. The van der Waals surface area contributed by atoms with Gasteiger partial charge in [0.2, 0.25) is 0 Å². The second-order valence-corrected chi connectivity index (χ2v) is 5.57. The van der Waals surface area contributed by atoms with Crippen LogP contribution in [0.15, 0.2) is 22.7 Å². The summed E-state index contributed by atoms with van der Waals surface area (Å²) in [7, 11) is 1.67. The van der Waals surface area contributed by atoms with Gasteiger partial charge in [-0.05, 0) is 36.6 Å². The lowest BCUT2D eigenvalue weighted by Gasteiger charge is -2.21. The van der Waals surface area contributed by atoms with Gasteiger partial charge in [0, 0.05) is 30.2 Å². The van der Waals surface area contributed by atoms with Crippen LogP contribution in [0.1, 0.15) is 24.4 Å². The Hall–Kier alpha value is -0.620. The Kier molecular flexibility index (Phi) is 5.63. The van der Waals surface area contributed by atoms with E-state index in [2.05, 4.69) is 21.2 Å². The Bertz CT molecular complexity index is 408. The molecule has 1 fully saturated rings. The second-order valence-electron chi connectivity index (χ2n) is 4.72. The van der Waals surface area contributed by atoms with E-state index >= 15 is 0 Å². The van der Waals surface area contributed by atoms with Gasteiger partial charge in [0.05, 0.1) is 13.2 Å². The molecule has 0 radical (unpaired) electrons. The quantitative estimate of drug-likeness (QED) is 0.840. The van der Waals surface area contributed by atoms with Gasteiger partial charge in [-0.1, -0.05) is 15.9 Å². The maximum Gasteiger partial charge on any atom is 0.119 e. The van der Waals surface area contributed by atoms with E-state index in [9.17, 15) is 0 Å². The smallest absolute Gasteiger partial charge is 0.119 e. The van der Waals surface area contributed by atoms with Crippen molar-refractivity contribution in [3.8, 4) is 5.75 Å². The molecule has 5 heteroatoms. The zero-order chi connectivity index (χ0) is 13.7. The summed E-state index contributed by atoms with van der Waals surface area (Å²) < 4.78 is 11.9. The number of ether oxygens (including phenoxy) is 2. The molecule has 2 unspecified atom stereocenters. The van der Waals surface area contributed by atoms with E-state index in [1.165, 1.54) is 0 Å². The molecular weight excluding hydrogens is 308 g/mol. The summed E-state index contributed by atoms with van der Waals surface area (Å²) in [5.41, 5.74) is 7.01. The largest absolute Gasteiger partial charge is 0.497 e. The van der Waals surface area contributed by atoms with Crippen molar-refractivity contribution >= 4 is 15.9 Å². The average molecular weight is 329 g/mol. The third-order valence-electron chi connectivity index (χ3n) is 3.43. The highest BCUT2D eigenvalue weighted by Crippen LogP contribution is 2.27. The zero-order valence-corrected chi connectivity index (χ0v) is 12.8. The third-order valence-corrected chi connectivity index (χ3v) is 4.15. The van der Waals surface area contributed by atoms with Gasteiger partial charge in [-0.3, -0.25) is 0 Å². The Labute approximate surface area is 122 Å². The predicted molar refractivity (Wildman–Crippen MR) is 79.5 cm³/mol. The average Bonchev–Trinajstić information content (AvgIpc) is 2.94. The van der Waals surface area contributed by atoms with Crippen molar-refractivity contribution in [3.63, 3.8) is 0 Å². The second kappa shape index (κ2) is 7.24. The molecule has 106 valence electrons. The van der Waals surface area contributed by atoms with E-state index in [0.29, 0.717) is 12.6 Å². The van der Waals surface area contributed by atoms with Crippen molar-refractivity contribution in [1.82, 2.24) is 5.32 Å². The van der Waals surface area contributed by atoms with Crippen LogP contribution in [0.4, 0.5) is 0 Å². The number of hydrogen-bond donors (Lipinski definition) is 2. The van der Waals surface area contributed by atoms with E-state index in [1.807, 2.05) is 18.2 Å². The lowest BCUT2D eigenvalue weighted by molar-refractivity contribution is 0.107. The fourth-order valence-corrected chi connectivity index (χ4v) is 2.84. The minimum Gasteiger partial charge on any atom is -0.497 e. The molecule has 0 spiro atoms. The topological polar surface area (TPSA) is 56.5 Å². The first kappa shape index (κ1) is 14.8. The number of nitrogens with two attached hydrogens (primary N) is 1. The summed E-state index contributed by atoms with van der Waals surface area (Å²) >= 11 is 3.57. The fourth-order valence-electron chi connectivity index (χ4n) is 2.32. The minimum absolute atomic E-state index is 0.105. The van der Waals surface area contributed by atoms with Crippen molar-refractivity contribution in [3.05, 3.63) is 28.2 Å². The highest BCUT2D eigenvalue weighted by atomic mass is 79.9. The van der Waals surface area contributed by atoms with Gasteiger partial charge in [-0.2, -0.15) is 0 Å². The number of methoxy groups -OCH3 is 1. The van der Waals surface area contributed by atoms with Gasteiger partial charge in [-0.15, -0.1) is 0 Å². The standard InChI is InChI=1S/C14H21BrN2O2/c1-18-10-4-5-13(15)12(7-10)14(8-16)17-9-11-3-2-6-19-11/h4-5,7,11,14,17H,2-3,6,8-9,16H2,1H3. The molecule has 2 rings (SSSR count). The zero-order valence-electron chi connectivity index (χ0n) is 11.2. The minimum atomic E-state index is 0.105. The molecule has 4 nitrogen and oxygen atoms in total. The molecular formula is C14H21BrN2O2. The monoisotopic (exact) mass is 328 g/mol. The van der Waals surface area contributed by atoms with E-state index in [1.54, 1.807) is 7.11 Å². The maximum atomic E-state index is 5.88. The van der Waals surface area contributed by atoms with Crippen molar-refractivity contribution in [2.75, 3.05) is 26.8 Å². The summed E-state index contributed by atoms with van der Waals surface area (Å²) in [5.74, 6) is 0.843. The molecule has 3 N–H and O–H groups in total. The number of halogens is 1. The normalized spacial score (nSPS) is 20.5. The van der Waals surface area contributed by atoms with Crippen molar-refractivity contribution < 1.29 is 9.47 Å². The van der Waals surface area contributed by atoms with Crippen LogP contribution in [0.25, 0.3) is 0 Å². The van der Waals surface area contributed by atoms with Crippen LogP contribution in [0.3, 0.4) is 0 Å². The lowest BCUT2D eigenvalue weighted by atomic mass is 10.1. The van der Waals surface area contributed by atoms with Crippen molar-refractivity contribution in [1.29, 1.82) is 0 Å². The van der Waals surface area contributed by atoms with Gasteiger partial charge in [-0.25, -0.2) is 0 Å². The summed E-state index contributed by atoms with van der Waals surface area (Å²) in [6.07, 6.45) is 2.60. The van der Waals surface area contributed by atoms with Crippen LogP contribution in [0.2, 0.25) is 0 Å². The molecule has 0 aromatic heterocycles. The summed E-state index contributed by atoms with van der Waals surface area (Å²) in [6, 6.07) is 6.05. The first-order chi connectivity index (χ1) is 9.24. The molecule has 1 aromatic rings. The van der Waals surface area contributed by atoms with Crippen LogP contribution < -0.4 is 15.8 Å². The molecule has 0 amide bonds. The van der Waals surface area contributed by atoms with E-state index in [-0.39, 0.29) is 6.04 Å². The molecule has 0 saturated carbocycles. The third kappa shape index (κ3) is 3.92. The van der Waals surface area contributed by atoms with Crippen LogP contribution in [0, 0.1) is 0 Å². The van der Waals surface area contributed by atoms with E-state index in [0.717, 1.165) is 41.8 Å². The van der Waals surface area contributed by atoms with E-state index in [4.69, 9.17) is 15.2 Å². The lowest BCUT2D eigenvalue weighted by Crippen LogP contribution is -2.34. The van der Waals surface area contributed by atoms with Crippen LogP contribution in [0.5, 0.6) is 5.75 Å². The first-order valence-corrected chi connectivity index (χ1v) is 7.42. The molecule has 1 aliphatic rings. The Morgan fingerprint density at radius 1 is 1.58 bits per heavy atom. The molecule has 1 aliphatic heterocycles. The summed E-state index contributed by atoms with van der Waals surface area (Å²) in [6.45, 7) is 2.26. The van der Waals surface area contributed by atoms with Crippen LogP contribution >= 0.6 is 15.9 Å². The number of hydrogen-bond acceptors (Lipinski definition) is 4. The summed E-state index contributed by atoms with van der Waals surface area (Å²) in [4.78, 5) is 0. The molecule has 2 atom stereocenters. The van der Waals surface area contributed by atoms with Gasteiger partial charge in [0.1, 0.15) is 5.75 Å². The van der Waals surface area contributed by atoms with Crippen LogP contribution in [-0.2, 0) is 4.74 Å².